The highest BCUT2D eigenvalue weighted by Crippen LogP contribution is 2.32. The van der Waals surface area contributed by atoms with Gasteiger partial charge in [-0.15, -0.1) is 0 Å². The van der Waals surface area contributed by atoms with Gasteiger partial charge in [0.05, 0.1) is 11.2 Å². The van der Waals surface area contributed by atoms with Crippen LogP contribution in [0.5, 0.6) is 0 Å². The van der Waals surface area contributed by atoms with Crippen LogP contribution >= 0.6 is 0 Å². The minimum atomic E-state index is 0.0540. The normalized spacial score (nSPS) is 11.1. The van der Waals surface area contributed by atoms with Gasteiger partial charge in [-0.05, 0) is 54.5 Å². The zero-order valence-corrected chi connectivity index (χ0v) is 18.5. The first-order chi connectivity index (χ1) is 15.1. The van der Waals surface area contributed by atoms with E-state index in [1.165, 1.54) is 29.5 Å². The number of carbonyl (C=O) groups excluding carboxylic acids is 1. The number of nitrogens with zero attached hydrogens (tertiary/aromatic N) is 2. The summed E-state index contributed by atoms with van der Waals surface area (Å²) in [5, 5.41) is 0.829. The van der Waals surface area contributed by atoms with Crippen LogP contribution in [-0.4, -0.2) is 15.8 Å². The molecule has 2 aromatic heterocycles. The Morgan fingerprint density at radius 3 is 2.13 bits per heavy atom. The van der Waals surface area contributed by atoms with Crippen molar-refractivity contribution in [1.82, 2.24) is 9.97 Å². The summed E-state index contributed by atoms with van der Waals surface area (Å²) in [5.74, 6) is 0.0540. The number of carbonyl (C=O) groups is 1. The van der Waals surface area contributed by atoms with Crippen LogP contribution in [0.1, 0.15) is 55.1 Å². The van der Waals surface area contributed by atoms with Gasteiger partial charge in [0.2, 0.25) is 0 Å². The minimum absolute atomic E-state index is 0.0540. The van der Waals surface area contributed by atoms with E-state index in [1.807, 2.05) is 6.07 Å². The van der Waals surface area contributed by atoms with Gasteiger partial charge in [-0.3, -0.25) is 9.78 Å². The van der Waals surface area contributed by atoms with E-state index in [9.17, 15) is 4.79 Å². The lowest BCUT2D eigenvalue weighted by Crippen LogP contribution is -2.05. The molecule has 0 bridgehead atoms. The van der Waals surface area contributed by atoms with E-state index in [4.69, 9.17) is 4.98 Å². The molecule has 0 radical (unpaired) electrons. The zero-order valence-electron chi connectivity index (χ0n) is 18.5. The minimum Gasteiger partial charge on any atom is -0.294 e. The average molecular weight is 409 g/mol. The summed E-state index contributed by atoms with van der Waals surface area (Å²) in [7, 11) is 0. The van der Waals surface area contributed by atoms with E-state index in [1.54, 1.807) is 19.3 Å². The lowest BCUT2D eigenvalue weighted by molar-refractivity contribution is 0.101. The van der Waals surface area contributed by atoms with E-state index in [0.717, 1.165) is 46.1 Å². The van der Waals surface area contributed by atoms with Gasteiger partial charge >= 0.3 is 0 Å². The molecule has 0 saturated heterocycles. The Balaban J connectivity index is 1.73. The van der Waals surface area contributed by atoms with Crippen molar-refractivity contribution in [3.8, 4) is 22.4 Å². The Morgan fingerprint density at radius 1 is 0.871 bits per heavy atom. The molecule has 4 rings (SSSR count). The van der Waals surface area contributed by atoms with Gasteiger partial charge in [0, 0.05) is 28.9 Å². The van der Waals surface area contributed by atoms with E-state index < -0.39 is 0 Å². The number of hydrogen-bond donors (Lipinski definition) is 0. The molecule has 0 aliphatic rings. The monoisotopic (exact) mass is 408 g/mol. The second kappa shape index (κ2) is 9.22. The zero-order chi connectivity index (χ0) is 21.8. The molecule has 0 atom stereocenters. The Kier molecular flexibility index (Phi) is 6.22. The second-order valence-corrected chi connectivity index (χ2v) is 7.99. The Hall–Kier alpha value is -3.33. The predicted octanol–water partition coefficient (Wildman–Crippen LogP) is 7.07. The Bertz CT molecular complexity index is 1210. The van der Waals surface area contributed by atoms with Crippen molar-refractivity contribution in [3.05, 3.63) is 83.7 Å². The van der Waals surface area contributed by atoms with Crippen molar-refractivity contribution in [3.63, 3.8) is 0 Å². The molecule has 0 saturated carbocycles. The topological polar surface area (TPSA) is 42.9 Å². The third-order valence-electron chi connectivity index (χ3n) is 5.86. The number of unbranched alkanes of at least 4 members (excludes halogenated alkanes) is 1. The van der Waals surface area contributed by atoms with Gasteiger partial charge in [0.1, 0.15) is 0 Å². The van der Waals surface area contributed by atoms with Gasteiger partial charge in [-0.25, -0.2) is 4.98 Å². The van der Waals surface area contributed by atoms with E-state index in [2.05, 4.69) is 67.4 Å². The number of aryl methyl sites for hydroxylation is 1. The van der Waals surface area contributed by atoms with Gasteiger partial charge in [-0.1, -0.05) is 68.8 Å². The molecule has 156 valence electrons. The summed E-state index contributed by atoms with van der Waals surface area (Å²) in [5.41, 5.74) is 8.23. The van der Waals surface area contributed by atoms with Crippen molar-refractivity contribution >= 4 is 16.7 Å². The standard InChI is InChI=1S/C28H28N2O/c1-4-6-7-20-8-10-21(11-9-20)22-12-14-23(15-13-22)28-24(5-2)27(19(3)31)25-18-29-17-16-26(25)30-28/h8-18H,4-7H2,1-3H3. The average Bonchev–Trinajstić information content (AvgIpc) is 2.81. The van der Waals surface area contributed by atoms with Crippen molar-refractivity contribution in [2.45, 2.75) is 46.5 Å². The van der Waals surface area contributed by atoms with E-state index >= 15 is 0 Å². The highest BCUT2D eigenvalue weighted by atomic mass is 16.1. The number of benzene rings is 2. The molecule has 0 N–H and O–H groups in total. The van der Waals surface area contributed by atoms with Crippen LogP contribution in [0.3, 0.4) is 0 Å². The van der Waals surface area contributed by atoms with Crippen LogP contribution in [0.2, 0.25) is 0 Å². The van der Waals surface area contributed by atoms with Crippen LogP contribution < -0.4 is 0 Å². The molecule has 3 heteroatoms. The summed E-state index contributed by atoms with van der Waals surface area (Å²) in [6.45, 7) is 5.92. The summed E-state index contributed by atoms with van der Waals surface area (Å²) < 4.78 is 0. The van der Waals surface area contributed by atoms with Gasteiger partial charge < -0.3 is 0 Å². The number of pyridine rings is 2. The van der Waals surface area contributed by atoms with Gasteiger partial charge in [0.25, 0.3) is 0 Å². The fraction of sp³-hybridized carbons (Fsp3) is 0.250. The summed E-state index contributed by atoms with van der Waals surface area (Å²) in [6, 6.07) is 19.2. The highest BCUT2D eigenvalue weighted by Gasteiger charge is 2.18. The Morgan fingerprint density at radius 2 is 1.52 bits per heavy atom. The first kappa shape index (κ1) is 20.9. The van der Waals surface area contributed by atoms with Crippen LogP contribution in [0.4, 0.5) is 0 Å². The van der Waals surface area contributed by atoms with Crippen molar-refractivity contribution in [1.29, 1.82) is 0 Å². The Labute approximate surface area is 184 Å². The summed E-state index contributed by atoms with van der Waals surface area (Å²) in [6.07, 6.45) is 7.79. The fourth-order valence-corrected chi connectivity index (χ4v) is 4.20. The van der Waals surface area contributed by atoms with Crippen LogP contribution in [0, 0.1) is 0 Å². The first-order valence-electron chi connectivity index (χ1n) is 11.1. The molecule has 0 amide bonds. The molecule has 31 heavy (non-hydrogen) atoms. The maximum absolute atomic E-state index is 12.5. The lowest BCUT2D eigenvalue weighted by atomic mass is 9.93. The fourth-order valence-electron chi connectivity index (χ4n) is 4.20. The first-order valence-corrected chi connectivity index (χ1v) is 11.1. The molecule has 0 unspecified atom stereocenters. The SMILES string of the molecule is CCCCc1ccc(-c2ccc(-c3nc4ccncc4c(C(C)=O)c3CC)cc2)cc1. The number of hydrogen-bond acceptors (Lipinski definition) is 3. The smallest absolute Gasteiger partial charge is 0.160 e. The molecule has 0 aliphatic heterocycles. The third kappa shape index (κ3) is 4.27. The van der Waals surface area contributed by atoms with Crippen LogP contribution in [0.15, 0.2) is 67.0 Å². The molecule has 2 heterocycles. The van der Waals surface area contributed by atoms with Crippen molar-refractivity contribution in [2.24, 2.45) is 0 Å². The molecular weight excluding hydrogens is 380 g/mol. The molecule has 0 aliphatic carbocycles. The number of Topliss-reactive ketones (excluding diaryl/α,β-unsaturated/α-hetero) is 1. The molecule has 4 aromatic rings. The third-order valence-corrected chi connectivity index (χ3v) is 5.86. The van der Waals surface area contributed by atoms with E-state index in [0.29, 0.717) is 0 Å². The molecule has 2 aromatic carbocycles. The number of ketones is 1. The summed E-state index contributed by atoms with van der Waals surface area (Å²) >= 11 is 0. The lowest BCUT2D eigenvalue weighted by Gasteiger charge is -2.15. The summed E-state index contributed by atoms with van der Waals surface area (Å²) in [4.78, 5) is 21.6. The predicted molar refractivity (Wildman–Crippen MR) is 128 cm³/mol. The molecule has 0 spiro atoms. The van der Waals surface area contributed by atoms with Crippen molar-refractivity contribution in [2.75, 3.05) is 0 Å². The highest BCUT2D eigenvalue weighted by molar-refractivity contribution is 6.08. The van der Waals surface area contributed by atoms with Gasteiger partial charge in [-0.2, -0.15) is 0 Å². The number of rotatable bonds is 7. The maximum atomic E-state index is 12.5. The second-order valence-electron chi connectivity index (χ2n) is 7.99. The largest absolute Gasteiger partial charge is 0.294 e. The van der Waals surface area contributed by atoms with Gasteiger partial charge in [0.15, 0.2) is 5.78 Å². The molecule has 0 fully saturated rings. The maximum Gasteiger partial charge on any atom is 0.160 e. The molecule has 3 nitrogen and oxygen atoms in total. The quantitative estimate of drug-likeness (QED) is 0.307. The van der Waals surface area contributed by atoms with Crippen LogP contribution in [0.25, 0.3) is 33.3 Å². The number of aromatic nitrogens is 2. The van der Waals surface area contributed by atoms with Crippen molar-refractivity contribution < 1.29 is 4.79 Å². The van der Waals surface area contributed by atoms with Crippen LogP contribution in [-0.2, 0) is 12.8 Å². The van der Waals surface area contributed by atoms with E-state index in [-0.39, 0.29) is 5.78 Å². The number of fused-ring (bicyclic) bond motifs is 1. The molecular formula is C28H28N2O.